The van der Waals surface area contributed by atoms with Crippen molar-refractivity contribution in [2.24, 2.45) is 0 Å². The lowest BCUT2D eigenvalue weighted by Crippen LogP contribution is -2.52. The lowest BCUT2D eigenvalue weighted by Gasteiger charge is -2.43. The van der Waals surface area contributed by atoms with E-state index in [4.69, 9.17) is 20.3 Å². The third kappa shape index (κ3) is 11.8. The second-order valence-electron chi connectivity index (χ2n) is 16.7. The van der Waals surface area contributed by atoms with Crippen LogP contribution in [-0.2, 0) is 13.1 Å². The predicted molar refractivity (Wildman–Crippen MR) is 254 cm³/mol. The zero-order valence-corrected chi connectivity index (χ0v) is 38.1. The number of rotatable bonds is 11. The molecule has 0 saturated carbocycles. The Bertz CT molecular complexity index is 2030. The maximum absolute atomic E-state index is 11.6. The topological polar surface area (TPSA) is 163 Å². The van der Waals surface area contributed by atoms with Gasteiger partial charge in [-0.25, -0.2) is 0 Å². The quantitative estimate of drug-likeness (QED) is 0.113. The number of nitrogens with zero attached hydrogens (tertiary/aromatic N) is 11. The van der Waals surface area contributed by atoms with Crippen molar-refractivity contribution in [2.45, 2.75) is 72.1 Å². The highest BCUT2D eigenvalue weighted by molar-refractivity contribution is 5.84. The molecule has 3 N–H and O–H groups in total. The fourth-order valence-corrected chi connectivity index (χ4v) is 9.28. The van der Waals surface area contributed by atoms with Crippen molar-refractivity contribution < 1.29 is 19.5 Å². The third-order valence-corrected chi connectivity index (χ3v) is 13.1. The highest BCUT2D eigenvalue weighted by Crippen LogP contribution is 2.42. The molecule has 2 aromatic carbocycles. The number of hydrogen-bond donors (Lipinski definition) is 2. The molecule has 8 rings (SSSR count). The lowest BCUT2D eigenvalue weighted by molar-refractivity contribution is -0.385. The van der Waals surface area contributed by atoms with E-state index in [2.05, 4.69) is 72.9 Å². The van der Waals surface area contributed by atoms with E-state index in [9.17, 15) is 10.1 Å². The Morgan fingerprint density at radius 1 is 0.667 bits per heavy atom. The van der Waals surface area contributed by atoms with Crippen LogP contribution in [0.5, 0.6) is 11.5 Å². The summed E-state index contributed by atoms with van der Waals surface area (Å²) < 4.78 is 14.7. The van der Waals surface area contributed by atoms with Gasteiger partial charge in [0.15, 0.2) is 5.75 Å². The summed E-state index contributed by atoms with van der Waals surface area (Å²) in [5.41, 5.74) is 13.1. The summed E-state index contributed by atoms with van der Waals surface area (Å²) in [6.07, 6.45) is 12.4. The molecule has 0 bridgehead atoms. The van der Waals surface area contributed by atoms with Crippen LogP contribution in [-0.4, -0.2) is 175 Å². The van der Waals surface area contributed by atoms with Gasteiger partial charge in [-0.2, -0.15) is 10.2 Å². The summed E-state index contributed by atoms with van der Waals surface area (Å²) in [5.74, 6) is 1.04. The predicted octanol–water partition coefficient (Wildman–Crippen LogP) is 5.32. The Kier molecular flexibility index (Phi) is 18.0. The van der Waals surface area contributed by atoms with Crippen molar-refractivity contribution in [3.05, 3.63) is 59.2 Å². The Morgan fingerprint density at radius 3 is 1.43 bits per heavy atom. The summed E-state index contributed by atoms with van der Waals surface area (Å²) in [6, 6.07) is 8.91. The number of nitrogen functional groups attached to an aromatic ring is 1. The number of piperazine rings is 2. The molecule has 0 aliphatic carbocycles. The summed E-state index contributed by atoms with van der Waals surface area (Å²) in [4.78, 5) is 26.2. The van der Waals surface area contributed by atoms with Crippen molar-refractivity contribution in [3.8, 4) is 33.8 Å². The van der Waals surface area contributed by atoms with Crippen LogP contribution < -0.4 is 25.0 Å². The number of piperidine rings is 2. The second-order valence-corrected chi connectivity index (χ2v) is 16.7. The van der Waals surface area contributed by atoms with Gasteiger partial charge >= 0.3 is 5.69 Å². The summed E-state index contributed by atoms with van der Waals surface area (Å²) in [5, 5.41) is 27.5. The van der Waals surface area contributed by atoms with E-state index in [1.54, 1.807) is 19.4 Å². The molecule has 0 radical (unpaired) electrons. The number of ether oxygens (including phenoxy) is 2. The minimum Gasteiger partial charge on any atom is -0.495 e. The van der Waals surface area contributed by atoms with E-state index >= 15 is 0 Å². The first kappa shape index (κ1) is 49.1. The molecule has 63 heavy (non-hydrogen) atoms. The van der Waals surface area contributed by atoms with Crippen molar-refractivity contribution in [3.63, 3.8) is 0 Å². The van der Waals surface area contributed by atoms with Crippen molar-refractivity contribution in [1.29, 1.82) is 0 Å². The first-order valence-corrected chi connectivity index (χ1v) is 22.3. The van der Waals surface area contributed by atoms with Crippen LogP contribution in [0.2, 0.25) is 0 Å². The molecular formula is C46H74N12O5. The Balaban J connectivity index is 0.000000226. The zero-order valence-electron chi connectivity index (χ0n) is 38.1. The Morgan fingerprint density at radius 2 is 1.06 bits per heavy atom. The number of aryl methyl sites for hydroxylation is 2. The van der Waals surface area contributed by atoms with Gasteiger partial charge in [0.05, 0.1) is 37.2 Å². The molecule has 0 unspecified atom stereocenters. The third-order valence-electron chi connectivity index (χ3n) is 13.1. The van der Waals surface area contributed by atoms with Crippen molar-refractivity contribution >= 4 is 22.7 Å². The molecule has 4 aromatic rings. The largest absolute Gasteiger partial charge is 0.495 e. The van der Waals surface area contributed by atoms with Gasteiger partial charge in [-0.15, -0.1) is 0 Å². The minimum atomic E-state index is -0.379. The van der Waals surface area contributed by atoms with Gasteiger partial charge in [-0.1, -0.05) is 7.43 Å². The number of anilines is 3. The van der Waals surface area contributed by atoms with Crippen LogP contribution in [0.3, 0.4) is 0 Å². The number of nitro groups is 1. The number of methoxy groups -OCH3 is 2. The number of nitro benzene ring substituents is 1. The smallest absolute Gasteiger partial charge is 0.311 e. The van der Waals surface area contributed by atoms with Gasteiger partial charge < -0.3 is 39.9 Å². The van der Waals surface area contributed by atoms with Gasteiger partial charge in [0.25, 0.3) is 0 Å². The Hall–Kier alpha value is -4.94. The van der Waals surface area contributed by atoms with Gasteiger partial charge in [-0.3, -0.25) is 29.3 Å². The van der Waals surface area contributed by atoms with E-state index < -0.39 is 0 Å². The SMILES string of the molecule is C.CCn1cc(-c2cc(N)c(OC)cc2N2CCC(N3CCN(C)CC3)CC2)cn1.CCn1cc(-c2cc([N+](=O)[O-])c(OC)cc2N2CCC(N3CCN(C)CC3)CC2)cn1.CO. The molecule has 0 spiro atoms. The van der Waals surface area contributed by atoms with E-state index in [1.807, 2.05) is 40.8 Å². The first-order valence-electron chi connectivity index (χ1n) is 22.3. The molecule has 0 amide bonds. The summed E-state index contributed by atoms with van der Waals surface area (Å²) in [7, 11) is 8.57. The molecule has 4 fully saturated rings. The van der Waals surface area contributed by atoms with Crippen LogP contribution in [0, 0.1) is 10.1 Å². The second kappa shape index (κ2) is 23.1. The first-order chi connectivity index (χ1) is 30.1. The van der Waals surface area contributed by atoms with Crippen LogP contribution in [0.15, 0.2) is 49.1 Å². The van der Waals surface area contributed by atoms with Gasteiger partial charge in [0.2, 0.25) is 0 Å². The van der Waals surface area contributed by atoms with Crippen LogP contribution in [0.25, 0.3) is 22.3 Å². The summed E-state index contributed by atoms with van der Waals surface area (Å²) >= 11 is 0. The number of hydrogen-bond acceptors (Lipinski definition) is 14. The highest BCUT2D eigenvalue weighted by Gasteiger charge is 2.31. The molecule has 4 saturated heterocycles. The average Bonchev–Trinajstić information content (AvgIpc) is 4.01. The molecule has 348 valence electrons. The summed E-state index contributed by atoms with van der Waals surface area (Å²) in [6.45, 7) is 19.0. The Labute approximate surface area is 375 Å². The van der Waals surface area contributed by atoms with Crippen molar-refractivity contribution in [2.75, 3.05) is 129 Å². The fourth-order valence-electron chi connectivity index (χ4n) is 9.28. The number of benzene rings is 2. The maximum Gasteiger partial charge on any atom is 0.311 e. The van der Waals surface area contributed by atoms with Crippen molar-refractivity contribution in [1.82, 2.24) is 39.2 Å². The number of nitrogens with two attached hydrogens (primary N) is 1. The van der Waals surface area contributed by atoms with Crippen LogP contribution in [0.1, 0.15) is 47.0 Å². The van der Waals surface area contributed by atoms with E-state index in [1.165, 1.54) is 51.8 Å². The monoisotopic (exact) mass is 875 g/mol. The number of likely N-dealkylation sites (N-methyl/N-ethyl adjacent to an activating group) is 2. The zero-order chi connectivity index (χ0) is 44.3. The average molecular weight is 875 g/mol. The van der Waals surface area contributed by atoms with Crippen LogP contribution >= 0.6 is 0 Å². The van der Waals surface area contributed by atoms with E-state index in [0.29, 0.717) is 23.5 Å². The molecule has 4 aliphatic rings. The highest BCUT2D eigenvalue weighted by atomic mass is 16.6. The number of aromatic nitrogens is 4. The van der Waals surface area contributed by atoms with Crippen LogP contribution in [0.4, 0.5) is 22.7 Å². The van der Waals surface area contributed by atoms with Gasteiger partial charge in [0.1, 0.15) is 5.75 Å². The normalized spacial score (nSPS) is 18.5. The van der Waals surface area contributed by atoms with Gasteiger partial charge in [0, 0.05) is 175 Å². The fraction of sp³-hybridized carbons (Fsp3) is 0.609. The molecular weight excluding hydrogens is 801 g/mol. The minimum absolute atomic E-state index is 0. The lowest BCUT2D eigenvalue weighted by atomic mass is 9.98. The molecule has 2 aromatic heterocycles. The molecule has 0 atom stereocenters. The van der Waals surface area contributed by atoms with E-state index in [0.717, 1.165) is 119 Å². The van der Waals surface area contributed by atoms with E-state index in [-0.39, 0.29) is 18.0 Å². The molecule has 4 aliphatic heterocycles. The molecule has 17 nitrogen and oxygen atoms in total. The number of aliphatic hydroxyl groups is 1. The number of aliphatic hydroxyl groups excluding tert-OH is 1. The maximum atomic E-state index is 11.6. The van der Waals surface area contributed by atoms with Gasteiger partial charge in [-0.05, 0) is 59.7 Å². The standard InChI is InChI=1S/C22H32N6O3.C22H34N6O.CH4O.CH4/c1-4-27-16-17(15-23-27)19-13-21(28(29)30)22(31-3)14-20(19)26-7-5-18(6-8-26)25-11-9-24(2)10-12-25;1-4-28-16-17(15-24-28)19-13-20(23)22(29-3)14-21(19)27-7-5-18(6-8-27)26-11-9-25(2)10-12-26;1-2;/h13-16,18H,4-12H2,1-3H3;13-16,18H,4-12,23H2,1-3H3;2H,1H3;1H4. The molecule has 17 heteroatoms. The molecule has 6 heterocycles.